The van der Waals surface area contributed by atoms with Gasteiger partial charge in [0.15, 0.2) is 11.0 Å². The van der Waals surface area contributed by atoms with Crippen LogP contribution in [0.1, 0.15) is 5.56 Å². The van der Waals surface area contributed by atoms with Gasteiger partial charge in [0.2, 0.25) is 0 Å². The molecule has 0 unspecified atom stereocenters. The summed E-state index contributed by atoms with van der Waals surface area (Å²) in [5, 5.41) is 24.4. The largest absolute Gasteiger partial charge is 0.497 e. The number of benzene rings is 2. The highest BCUT2D eigenvalue weighted by Crippen LogP contribution is 2.32. The lowest BCUT2D eigenvalue weighted by atomic mass is 10.1. The zero-order valence-corrected chi connectivity index (χ0v) is 15.9. The number of nitriles is 1. The number of nitro benzene ring substituents is 1. The van der Waals surface area contributed by atoms with Crippen molar-refractivity contribution in [1.29, 1.82) is 5.26 Å². The van der Waals surface area contributed by atoms with E-state index in [4.69, 9.17) is 4.74 Å². The zero-order chi connectivity index (χ0) is 20.1. The molecule has 28 heavy (non-hydrogen) atoms. The van der Waals surface area contributed by atoms with Gasteiger partial charge in [0, 0.05) is 29.4 Å². The van der Waals surface area contributed by atoms with Crippen LogP contribution in [0.15, 0.2) is 53.7 Å². The summed E-state index contributed by atoms with van der Waals surface area (Å²) in [6.07, 6.45) is 1.81. The molecule has 3 aromatic rings. The van der Waals surface area contributed by atoms with Gasteiger partial charge in [-0.15, -0.1) is 0 Å². The van der Waals surface area contributed by atoms with E-state index in [1.165, 1.54) is 23.9 Å². The number of methoxy groups -OCH3 is 1. The number of rotatable bonds is 6. The summed E-state index contributed by atoms with van der Waals surface area (Å²) in [5.41, 5.74) is 1.61. The van der Waals surface area contributed by atoms with Crippen molar-refractivity contribution in [3.8, 4) is 23.1 Å². The van der Waals surface area contributed by atoms with Gasteiger partial charge in [-0.2, -0.15) is 5.26 Å². The molecule has 0 aliphatic carbocycles. The molecule has 1 N–H and O–H groups in total. The molecule has 8 nitrogen and oxygen atoms in total. The van der Waals surface area contributed by atoms with Crippen LogP contribution in [0.2, 0.25) is 0 Å². The van der Waals surface area contributed by atoms with Gasteiger partial charge < -0.3 is 10.1 Å². The number of hydrogen-bond acceptors (Lipinski definition) is 8. The van der Waals surface area contributed by atoms with E-state index in [0.29, 0.717) is 33.7 Å². The first-order chi connectivity index (χ1) is 13.5. The smallest absolute Gasteiger partial charge is 0.270 e. The highest BCUT2D eigenvalue weighted by atomic mass is 32.2. The van der Waals surface area contributed by atoms with Crippen LogP contribution in [0.5, 0.6) is 5.75 Å². The number of ether oxygens (including phenoxy) is 1. The van der Waals surface area contributed by atoms with Gasteiger partial charge in [0.25, 0.3) is 5.69 Å². The molecule has 1 aromatic heterocycles. The lowest BCUT2D eigenvalue weighted by Gasteiger charge is -2.13. The maximum Gasteiger partial charge on any atom is 0.270 e. The van der Waals surface area contributed by atoms with E-state index < -0.39 is 4.92 Å². The summed E-state index contributed by atoms with van der Waals surface area (Å²) in [7, 11) is 1.57. The number of nitrogens with one attached hydrogen (secondary N) is 1. The Morgan fingerprint density at radius 1 is 1.21 bits per heavy atom. The van der Waals surface area contributed by atoms with Crippen molar-refractivity contribution in [3.63, 3.8) is 0 Å². The predicted molar refractivity (Wildman–Crippen MR) is 107 cm³/mol. The standard InChI is InChI=1S/C19H15N5O3S/c1-27-15-8-4-6-13(10-15)21-18-16(11-20)17(22-19(23-18)28-2)12-5-3-7-14(9-12)24(25)26/h3-10H,1-2H3,(H,21,22,23). The topological polar surface area (TPSA) is 114 Å². The Hall–Kier alpha value is -3.64. The molecule has 0 bridgehead atoms. The van der Waals surface area contributed by atoms with Gasteiger partial charge in [-0.3, -0.25) is 10.1 Å². The molecular formula is C19H15N5O3S. The first-order valence-corrected chi connectivity index (χ1v) is 9.30. The highest BCUT2D eigenvalue weighted by molar-refractivity contribution is 7.98. The number of hydrogen-bond donors (Lipinski definition) is 1. The number of anilines is 2. The Labute approximate surface area is 165 Å². The van der Waals surface area contributed by atoms with E-state index in [2.05, 4.69) is 21.4 Å². The molecule has 0 spiro atoms. The summed E-state index contributed by atoms with van der Waals surface area (Å²) in [6, 6.07) is 15.3. The van der Waals surface area contributed by atoms with E-state index in [0.717, 1.165) is 0 Å². The van der Waals surface area contributed by atoms with Crippen molar-refractivity contribution in [3.05, 3.63) is 64.2 Å². The van der Waals surface area contributed by atoms with Crippen molar-refractivity contribution in [2.24, 2.45) is 0 Å². The molecule has 1 heterocycles. The molecule has 0 aliphatic heterocycles. The van der Waals surface area contributed by atoms with Crippen molar-refractivity contribution < 1.29 is 9.66 Å². The third-order valence-electron chi connectivity index (χ3n) is 3.85. The fourth-order valence-electron chi connectivity index (χ4n) is 2.54. The van der Waals surface area contributed by atoms with Crippen LogP contribution in [0, 0.1) is 21.4 Å². The maximum absolute atomic E-state index is 11.1. The summed E-state index contributed by atoms with van der Waals surface area (Å²) < 4.78 is 5.22. The molecular weight excluding hydrogens is 378 g/mol. The van der Waals surface area contributed by atoms with E-state index >= 15 is 0 Å². The van der Waals surface area contributed by atoms with E-state index in [-0.39, 0.29) is 11.3 Å². The lowest BCUT2D eigenvalue weighted by molar-refractivity contribution is -0.384. The molecule has 0 saturated carbocycles. The minimum absolute atomic E-state index is 0.0759. The summed E-state index contributed by atoms with van der Waals surface area (Å²) in [6.45, 7) is 0. The Morgan fingerprint density at radius 3 is 2.68 bits per heavy atom. The molecule has 0 aliphatic rings. The van der Waals surface area contributed by atoms with Crippen LogP contribution in [0.3, 0.4) is 0 Å². The van der Waals surface area contributed by atoms with E-state index in [1.54, 1.807) is 31.4 Å². The maximum atomic E-state index is 11.1. The summed E-state index contributed by atoms with van der Waals surface area (Å²) in [5.74, 6) is 0.971. The second-order valence-electron chi connectivity index (χ2n) is 5.56. The van der Waals surface area contributed by atoms with E-state index in [9.17, 15) is 15.4 Å². The van der Waals surface area contributed by atoms with Crippen LogP contribution in [-0.4, -0.2) is 28.3 Å². The Morgan fingerprint density at radius 2 is 2.00 bits per heavy atom. The van der Waals surface area contributed by atoms with Crippen molar-refractivity contribution >= 4 is 29.0 Å². The second kappa shape index (κ2) is 8.37. The number of thioether (sulfide) groups is 1. The second-order valence-corrected chi connectivity index (χ2v) is 6.33. The molecule has 3 rings (SSSR count). The predicted octanol–water partition coefficient (Wildman–Crippen LogP) is 4.40. The fourth-order valence-corrected chi connectivity index (χ4v) is 2.91. The monoisotopic (exact) mass is 393 g/mol. The quantitative estimate of drug-likeness (QED) is 0.284. The van der Waals surface area contributed by atoms with Crippen LogP contribution in [0.4, 0.5) is 17.2 Å². The van der Waals surface area contributed by atoms with Gasteiger partial charge >= 0.3 is 0 Å². The van der Waals surface area contributed by atoms with Crippen molar-refractivity contribution in [2.75, 3.05) is 18.7 Å². The highest BCUT2D eigenvalue weighted by Gasteiger charge is 2.18. The molecule has 0 saturated heterocycles. The molecule has 9 heteroatoms. The first-order valence-electron chi connectivity index (χ1n) is 8.07. The SMILES string of the molecule is COc1cccc(Nc2nc(SC)nc(-c3cccc([N+](=O)[O-])c3)c2C#N)c1. The number of nitro groups is 1. The number of non-ortho nitro benzene ring substituents is 1. The molecule has 0 radical (unpaired) electrons. The minimum Gasteiger partial charge on any atom is -0.497 e. The number of nitrogens with zero attached hydrogens (tertiary/aromatic N) is 4. The van der Waals surface area contributed by atoms with Gasteiger partial charge in [-0.1, -0.05) is 30.0 Å². The fraction of sp³-hybridized carbons (Fsp3) is 0.105. The summed E-state index contributed by atoms with van der Waals surface area (Å²) >= 11 is 1.31. The molecule has 2 aromatic carbocycles. The Kier molecular flexibility index (Phi) is 5.72. The molecule has 140 valence electrons. The van der Waals surface area contributed by atoms with Gasteiger partial charge in [-0.25, -0.2) is 9.97 Å². The van der Waals surface area contributed by atoms with Crippen LogP contribution < -0.4 is 10.1 Å². The third kappa shape index (κ3) is 4.02. The average Bonchev–Trinajstić information content (AvgIpc) is 2.73. The minimum atomic E-state index is -0.484. The third-order valence-corrected chi connectivity index (χ3v) is 4.39. The molecule has 0 atom stereocenters. The van der Waals surface area contributed by atoms with Crippen LogP contribution in [0.25, 0.3) is 11.3 Å². The van der Waals surface area contributed by atoms with Crippen molar-refractivity contribution in [2.45, 2.75) is 5.16 Å². The summed E-state index contributed by atoms with van der Waals surface area (Å²) in [4.78, 5) is 19.4. The van der Waals surface area contributed by atoms with Gasteiger partial charge in [0.1, 0.15) is 17.4 Å². The molecule has 0 amide bonds. The van der Waals surface area contributed by atoms with Gasteiger partial charge in [0.05, 0.1) is 17.7 Å². The Balaban J connectivity index is 2.14. The van der Waals surface area contributed by atoms with E-state index in [1.807, 2.05) is 18.4 Å². The molecule has 0 fully saturated rings. The normalized spacial score (nSPS) is 10.2. The number of aromatic nitrogens is 2. The zero-order valence-electron chi connectivity index (χ0n) is 15.0. The first kappa shape index (κ1) is 19.1. The van der Waals surface area contributed by atoms with Gasteiger partial charge in [-0.05, 0) is 18.4 Å². The average molecular weight is 393 g/mol. The van der Waals surface area contributed by atoms with Crippen LogP contribution in [-0.2, 0) is 0 Å². The Bertz CT molecular complexity index is 1080. The van der Waals surface area contributed by atoms with Crippen LogP contribution >= 0.6 is 11.8 Å². The van der Waals surface area contributed by atoms with Crippen molar-refractivity contribution in [1.82, 2.24) is 9.97 Å². The lowest BCUT2D eigenvalue weighted by Crippen LogP contribution is -2.03.